The maximum Gasteiger partial charge on any atom is 0.255 e. The van der Waals surface area contributed by atoms with Crippen molar-refractivity contribution in [2.45, 2.75) is 6.54 Å². The molecule has 0 radical (unpaired) electrons. The summed E-state index contributed by atoms with van der Waals surface area (Å²) in [5.74, 6) is -0.388. The lowest BCUT2D eigenvalue weighted by atomic mass is 10.1. The van der Waals surface area contributed by atoms with Crippen LogP contribution in [0.5, 0.6) is 0 Å². The number of ether oxygens (including phenoxy) is 1. The highest BCUT2D eigenvalue weighted by Crippen LogP contribution is 2.09. The summed E-state index contributed by atoms with van der Waals surface area (Å²) >= 11 is 0. The maximum atomic E-state index is 12.7. The van der Waals surface area contributed by atoms with E-state index in [4.69, 9.17) is 4.74 Å². The highest BCUT2D eigenvalue weighted by atomic mass is 16.5. The van der Waals surface area contributed by atoms with Crippen LogP contribution in [0.1, 0.15) is 26.3 Å². The van der Waals surface area contributed by atoms with Crippen molar-refractivity contribution in [1.82, 2.24) is 20.1 Å². The van der Waals surface area contributed by atoms with E-state index in [1.54, 1.807) is 18.0 Å². The van der Waals surface area contributed by atoms with Crippen LogP contribution in [-0.2, 0) is 11.3 Å². The number of carbonyl (C=O) groups is 2. The second-order valence-corrected chi connectivity index (χ2v) is 6.82. The van der Waals surface area contributed by atoms with Gasteiger partial charge in [-0.1, -0.05) is 30.3 Å². The number of benzene rings is 1. The molecule has 0 aliphatic carbocycles. The van der Waals surface area contributed by atoms with E-state index in [1.165, 1.54) is 12.4 Å². The van der Waals surface area contributed by atoms with Gasteiger partial charge in [-0.2, -0.15) is 0 Å². The van der Waals surface area contributed by atoms with Crippen LogP contribution in [0.2, 0.25) is 0 Å². The zero-order chi connectivity index (χ0) is 19.8. The first-order chi connectivity index (χ1) is 13.6. The molecule has 1 aromatic heterocycles. The molecule has 7 heteroatoms. The molecule has 1 aliphatic rings. The molecule has 0 bridgehead atoms. The SMILES string of the molecule is CN(Cc1ccccc1)C(=O)c1cncc(C(=O)NCCN2CCOCC2)c1. The Morgan fingerprint density at radius 1 is 1.14 bits per heavy atom. The van der Waals surface area contributed by atoms with Crippen LogP contribution in [-0.4, -0.2) is 73.0 Å². The molecule has 3 rings (SSSR count). The summed E-state index contributed by atoms with van der Waals surface area (Å²) in [4.78, 5) is 33.0. The molecular formula is C21H26N4O3. The van der Waals surface area contributed by atoms with Crippen LogP contribution in [0.4, 0.5) is 0 Å². The number of hydrogen-bond acceptors (Lipinski definition) is 5. The number of rotatable bonds is 7. The third-order valence-corrected chi connectivity index (χ3v) is 4.67. The number of carbonyl (C=O) groups excluding carboxylic acids is 2. The highest BCUT2D eigenvalue weighted by molar-refractivity contribution is 5.99. The van der Waals surface area contributed by atoms with Crippen LogP contribution >= 0.6 is 0 Å². The molecular weight excluding hydrogens is 356 g/mol. The van der Waals surface area contributed by atoms with E-state index < -0.39 is 0 Å². The summed E-state index contributed by atoms with van der Waals surface area (Å²) in [5.41, 5.74) is 1.84. The smallest absolute Gasteiger partial charge is 0.255 e. The maximum absolute atomic E-state index is 12.7. The zero-order valence-corrected chi connectivity index (χ0v) is 16.1. The first kappa shape index (κ1) is 20.0. The second kappa shape index (κ2) is 9.96. The second-order valence-electron chi connectivity index (χ2n) is 6.82. The predicted molar refractivity (Wildman–Crippen MR) is 106 cm³/mol. The van der Waals surface area contributed by atoms with Gasteiger partial charge in [0.15, 0.2) is 0 Å². The van der Waals surface area contributed by atoms with E-state index >= 15 is 0 Å². The normalized spacial score (nSPS) is 14.5. The van der Waals surface area contributed by atoms with Crippen molar-refractivity contribution in [3.05, 3.63) is 65.5 Å². The fourth-order valence-electron chi connectivity index (χ4n) is 3.08. The largest absolute Gasteiger partial charge is 0.379 e. The average molecular weight is 382 g/mol. The van der Waals surface area contributed by atoms with Crippen LogP contribution in [0.3, 0.4) is 0 Å². The summed E-state index contributed by atoms with van der Waals surface area (Å²) in [6.45, 7) is 5.06. The van der Waals surface area contributed by atoms with Crippen LogP contribution in [0.25, 0.3) is 0 Å². The average Bonchev–Trinajstić information content (AvgIpc) is 2.74. The van der Waals surface area contributed by atoms with Gasteiger partial charge in [0.25, 0.3) is 11.8 Å². The fourth-order valence-corrected chi connectivity index (χ4v) is 3.08. The lowest BCUT2D eigenvalue weighted by Gasteiger charge is -2.26. The number of nitrogens with one attached hydrogen (secondary N) is 1. The third kappa shape index (κ3) is 5.61. The number of nitrogens with zero attached hydrogens (tertiary/aromatic N) is 3. The van der Waals surface area contributed by atoms with Gasteiger partial charge in [-0.05, 0) is 11.6 Å². The minimum atomic E-state index is -0.221. The first-order valence-electron chi connectivity index (χ1n) is 9.46. The Kier molecular flexibility index (Phi) is 7.11. The molecule has 1 aromatic carbocycles. The monoisotopic (exact) mass is 382 g/mol. The van der Waals surface area contributed by atoms with E-state index in [9.17, 15) is 9.59 Å². The van der Waals surface area contributed by atoms with Crippen molar-refractivity contribution in [1.29, 1.82) is 0 Å². The Labute approximate surface area is 165 Å². The molecule has 0 atom stereocenters. The Hall–Kier alpha value is -2.77. The predicted octanol–water partition coefficient (Wildman–Crippen LogP) is 1.42. The Bertz CT molecular complexity index is 791. The van der Waals surface area contributed by atoms with Gasteiger partial charge in [0.1, 0.15) is 0 Å². The summed E-state index contributed by atoms with van der Waals surface area (Å²) in [6.07, 6.45) is 2.98. The minimum absolute atomic E-state index is 0.167. The van der Waals surface area contributed by atoms with Gasteiger partial charge in [-0.15, -0.1) is 0 Å². The molecule has 148 valence electrons. The van der Waals surface area contributed by atoms with E-state index in [0.29, 0.717) is 24.2 Å². The van der Waals surface area contributed by atoms with Gasteiger partial charge in [-0.25, -0.2) is 0 Å². The molecule has 0 saturated carbocycles. The molecule has 1 aliphatic heterocycles. The molecule has 1 fully saturated rings. The van der Waals surface area contributed by atoms with E-state index in [1.807, 2.05) is 30.3 Å². The van der Waals surface area contributed by atoms with Gasteiger partial charge in [-0.3, -0.25) is 19.5 Å². The molecule has 0 spiro atoms. The standard InChI is InChI=1S/C21H26N4O3/c1-24(16-17-5-3-2-4-6-17)21(27)19-13-18(14-22-15-19)20(26)23-7-8-25-9-11-28-12-10-25/h2-6,13-15H,7-12,16H2,1H3,(H,23,26). The van der Waals surface area contributed by atoms with Crippen molar-refractivity contribution in [3.8, 4) is 0 Å². The minimum Gasteiger partial charge on any atom is -0.379 e. The third-order valence-electron chi connectivity index (χ3n) is 4.67. The highest BCUT2D eigenvalue weighted by Gasteiger charge is 2.16. The Morgan fingerprint density at radius 3 is 2.61 bits per heavy atom. The molecule has 2 aromatic rings. The number of morpholine rings is 1. The summed E-state index contributed by atoms with van der Waals surface area (Å²) in [5, 5.41) is 2.90. The van der Waals surface area contributed by atoms with Crippen LogP contribution in [0, 0.1) is 0 Å². The summed E-state index contributed by atoms with van der Waals surface area (Å²) < 4.78 is 5.32. The molecule has 1 N–H and O–H groups in total. The molecule has 1 saturated heterocycles. The van der Waals surface area contributed by atoms with Crippen molar-refractivity contribution in [2.24, 2.45) is 0 Å². The van der Waals surface area contributed by atoms with Crippen molar-refractivity contribution in [3.63, 3.8) is 0 Å². The number of hydrogen-bond donors (Lipinski definition) is 1. The fraction of sp³-hybridized carbons (Fsp3) is 0.381. The molecule has 28 heavy (non-hydrogen) atoms. The van der Waals surface area contributed by atoms with Gasteiger partial charge < -0.3 is 15.0 Å². The van der Waals surface area contributed by atoms with E-state index in [0.717, 1.165) is 38.4 Å². The Balaban J connectivity index is 1.54. The lowest BCUT2D eigenvalue weighted by molar-refractivity contribution is 0.0383. The van der Waals surface area contributed by atoms with Gasteiger partial charge >= 0.3 is 0 Å². The van der Waals surface area contributed by atoms with Crippen LogP contribution < -0.4 is 5.32 Å². The summed E-state index contributed by atoms with van der Waals surface area (Å²) in [7, 11) is 1.74. The molecule has 7 nitrogen and oxygen atoms in total. The topological polar surface area (TPSA) is 74.8 Å². The van der Waals surface area contributed by atoms with Gasteiger partial charge in [0.2, 0.25) is 0 Å². The molecule has 2 heterocycles. The lowest BCUT2D eigenvalue weighted by Crippen LogP contribution is -2.41. The molecule has 2 amide bonds. The summed E-state index contributed by atoms with van der Waals surface area (Å²) in [6, 6.07) is 11.4. The van der Waals surface area contributed by atoms with Gasteiger partial charge in [0, 0.05) is 52.2 Å². The van der Waals surface area contributed by atoms with Crippen molar-refractivity contribution in [2.75, 3.05) is 46.4 Å². The van der Waals surface area contributed by atoms with Crippen molar-refractivity contribution >= 4 is 11.8 Å². The number of pyridine rings is 1. The van der Waals surface area contributed by atoms with E-state index in [2.05, 4.69) is 15.2 Å². The van der Waals surface area contributed by atoms with Crippen LogP contribution in [0.15, 0.2) is 48.8 Å². The van der Waals surface area contributed by atoms with Crippen molar-refractivity contribution < 1.29 is 14.3 Å². The quantitative estimate of drug-likeness (QED) is 0.784. The first-order valence-corrected chi connectivity index (χ1v) is 9.46. The zero-order valence-electron chi connectivity index (χ0n) is 16.1. The molecule has 0 unspecified atom stereocenters. The van der Waals surface area contributed by atoms with Gasteiger partial charge in [0.05, 0.1) is 24.3 Å². The number of amides is 2. The Morgan fingerprint density at radius 2 is 1.86 bits per heavy atom. The van der Waals surface area contributed by atoms with E-state index in [-0.39, 0.29) is 11.8 Å². The number of aromatic nitrogens is 1.